The van der Waals surface area contributed by atoms with Gasteiger partial charge in [-0.2, -0.15) is 4.99 Å². The lowest BCUT2D eigenvalue weighted by Crippen LogP contribution is -2.33. The highest BCUT2D eigenvalue weighted by atomic mass is 32.2. The maximum Gasteiger partial charge on any atom is 0.271 e. The van der Waals surface area contributed by atoms with E-state index in [1.54, 1.807) is 37.3 Å². The minimum Gasteiger partial charge on any atom is -0.351 e. The number of likely N-dealkylation sites (tertiary alicyclic amines) is 1. The molecule has 0 bridgehead atoms. The van der Waals surface area contributed by atoms with Gasteiger partial charge in [-0.05, 0) is 56.0 Å². The van der Waals surface area contributed by atoms with Crippen LogP contribution in [0.2, 0.25) is 0 Å². The van der Waals surface area contributed by atoms with Crippen molar-refractivity contribution < 1.29 is 19.3 Å². The fourth-order valence-corrected chi connectivity index (χ4v) is 4.98. The number of amides is 3. The van der Waals surface area contributed by atoms with Gasteiger partial charge in [-0.3, -0.25) is 24.5 Å². The molecule has 35 heavy (non-hydrogen) atoms. The fourth-order valence-electron chi connectivity index (χ4n) is 3.87. The van der Waals surface area contributed by atoms with Crippen LogP contribution >= 0.6 is 11.8 Å². The number of piperidine rings is 1. The Bertz CT molecular complexity index is 1190. The van der Waals surface area contributed by atoms with Gasteiger partial charge in [0.1, 0.15) is 5.25 Å². The largest absolute Gasteiger partial charge is 0.351 e. The van der Waals surface area contributed by atoms with Crippen molar-refractivity contribution in [1.29, 1.82) is 0 Å². The standard InChI is InChI=1S/C24H25N5O5S/c1-15-5-10-18(29(33)34)13-19(15)26-22(31)16-6-8-17(9-7-16)25-21(30)14-20-23(32)27-24(35-20)28-11-3-2-4-12-28/h5-10,13,20H,2-4,11-12,14H2,1H3,(H,25,30)(H,26,31). The molecule has 2 aliphatic heterocycles. The molecule has 182 valence electrons. The number of hydrogen-bond donors (Lipinski definition) is 2. The number of hydrogen-bond acceptors (Lipinski definition) is 7. The van der Waals surface area contributed by atoms with Crippen molar-refractivity contribution in [2.24, 2.45) is 4.99 Å². The molecule has 3 amide bonds. The Kier molecular flexibility index (Phi) is 7.45. The second-order valence-electron chi connectivity index (χ2n) is 8.43. The van der Waals surface area contributed by atoms with Gasteiger partial charge >= 0.3 is 0 Å². The van der Waals surface area contributed by atoms with Crippen molar-refractivity contribution >= 4 is 51.7 Å². The van der Waals surface area contributed by atoms with Crippen LogP contribution in [0, 0.1) is 17.0 Å². The molecule has 1 fully saturated rings. The molecule has 1 unspecified atom stereocenters. The van der Waals surface area contributed by atoms with Crippen LogP contribution in [0.25, 0.3) is 0 Å². The van der Waals surface area contributed by atoms with E-state index in [9.17, 15) is 24.5 Å². The van der Waals surface area contributed by atoms with Crippen LogP contribution in [0.15, 0.2) is 47.5 Å². The Morgan fingerprint density at radius 2 is 1.83 bits per heavy atom. The normalized spacial score (nSPS) is 17.6. The molecular weight excluding hydrogens is 470 g/mol. The van der Waals surface area contributed by atoms with Gasteiger partial charge in [-0.15, -0.1) is 0 Å². The van der Waals surface area contributed by atoms with Gasteiger partial charge in [0.2, 0.25) is 5.91 Å². The van der Waals surface area contributed by atoms with E-state index in [1.807, 2.05) is 0 Å². The number of carbonyl (C=O) groups is 3. The predicted octanol–water partition coefficient (Wildman–Crippen LogP) is 3.97. The van der Waals surface area contributed by atoms with Crippen LogP contribution in [-0.2, 0) is 9.59 Å². The molecule has 2 aromatic rings. The maximum atomic E-state index is 12.6. The van der Waals surface area contributed by atoms with Gasteiger partial charge in [0, 0.05) is 42.9 Å². The van der Waals surface area contributed by atoms with E-state index in [0.717, 1.165) is 25.9 Å². The van der Waals surface area contributed by atoms with Gasteiger partial charge in [0.05, 0.1) is 10.6 Å². The third kappa shape index (κ3) is 6.04. The van der Waals surface area contributed by atoms with Crippen LogP contribution in [0.4, 0.5) is 17.1 Å². The number of nitro groups is 1. The van der Waals surface area contributed by atoms with E-state index in [2.05, 4.69) is 20.5 Å². The summed E-state index contributed by atoms with van der Waals surface area (Å²) < 4.78 is 0. The molecule has 0 spiro atoms. The number of carbonyl (C=O) groups excluding carboxylic acids is 3. The first-order valence-electron chi connectivity index (χ1n) is 11.3. The highest BCUT2D eigenvalue weighted by Gasteiger charge is 2.33. The Morgan fingerprint density at radius 1 is 1.11 bits per heavy atom. The zero-order chi connectivity index (χ0) is 24.9. The lowest BCUT2D eigenvalue weighted by Gasteiger charge is -2.27. The SMILES string of the molecule is Cc1ccc([N+](=O)[O-])cc1NC(=O)c1ccc(NC(=O)CC2SC(N3CCCCC3)=NC2=O)cc1. The molecule has 1 atom stereocenters. The minimum atomic E-state index is -0.532. The first-order valence-corrected chi connectivity index (χ1v) is 12.2. The number of thioether (sulfide) groups is 1. The van der Waals surface area contributed by atoms with E-state index in [4.69, 9.17) is 0 Å². The number of nitrogens with one attached hydrogen (secondary N) is 2. The molecule has 4 rings (SSSR count). The predicted molar refractivity (Wildman–Crippen MR) is 135 cm³/mol. The summed E-state index contributed by atoms with van der Waals surface area (Å²) in [6.07, 6.45) is 3.36. The highest BCUT2D eigenvalue weighted by Crippen LogP contribution is 2.29. The summed E-state index contributed by atoms with van der Waals surface area (Å²) in [5, 5.41) is 16.6. The van der Waals surface area contributed by atoms with Gasteiger partial charge in [-0.1, -0.05) is 17.8 Å². The Balaban J connectivity index is 1.31. The second kappa shape index (κ2) is 10.7. The third-order valence-corrected chi connectivity index (χ3v) is 7.05. The highest BCUT2D eigenvalue weighted by molar-refractivity contribution is 8.15. The number of rotatable bonds is 6. The van der Waals surface area contributed by atoms with Gasteiger partial charge in [-0.25, -0.2) is 0 Å². The Labute approximate surface area is 206 Å². The second-order valence-corrected chi connectivity index (χ2v) is 9.60. The summed E-state index contributed by atoms with van der Waals surface area (Å²) >= 11 is 1.35. The monoisotopic (exact) mass is 495 g/mol. The first-order chi connectivity index (χ1) is 16.8. The lowest BCUT2D eigenvalue weighted by molar-refractivity contribution is -0.384. The van der Waals surface area contributed by atoms with Crippen LogP contribution in [0.3, 0.4) is 0 Å². The third-order valence-electron chi connectivity index (χ3n) is 5.84. The Hall–Kier alpha value is -3.73. The summed E-state index contributed by atoms with van der Waals surface area (Å²) in [7, 11) is 0. The van der Waals surface area contributed by atoms with E-state index in [0.29, 0.717) is 27.7 Å². The smallest absolute Gasteiger partial charge is 0.271 e. The average Bonchev–Trinajstić information content (AvgIpc) is 3.21. The van der Waals surface area contributed by atoms with Crippen molar-refractivity contribution in [3.63, 3.8) is 0 Å². The molecule has 11 heteroatoms. The quantitative estimate of drug-likeness (QED) is 0.457. The number of aliphatic imine (C=N–C) groups is 1. The topological polar surface area (TPSA) is 134 Å². The molecule has 0 saturated carbocycles. The first kappa shape index (κ1) is 24.4. The molecular formula is C24H25N5O5S. The number of benzene rings is 2. The molecule has 0 radical (unpaired) electrons. The van der Waals surface area contributed by atoms with Gasteiger partial charge in [0.15, 0.2) is 5.17 Å². The maximum absolute atomic E-state index is 12.6. The van der Waals surface area contributed by atoms with E-state index >= 15 is 0 Å². The minimum absolute atomic E-state index is 0.0125. The summed E-state index contributed by atoms with van der Waals surface area (Å²) in [4.78, 5) is 54.1. The molecule has 2 N–H and O–H groups in total. The van der Waals surface area contributed by atoms with Crippen LogP contribution in [0.5, 0.6) is 0 Å². The molecule has 2 aliphatic rings. The fraction of sp³-hybridized carbons (Fsp3) is 0.333. The number of non-ortho nitro benzene ring substituents is 1. The summed E-state index contributed by atoms with van der Waals surface area (Å²) in [6, 6.07) is 10.5. The van der Waals surface area contributed by atoms with Crippen molar-refractivity contribution in [3.05, 3.63) is 63.7 Å². The number of aryl methyl sites for hydroxylation is 1. The molecule has 2 heterocycles. The lowest BCUT2D eigenvalue weighted by atomic mass is 10.1. The van der Waals surface area contributed by atoms with Gasteiger partial charge in [0.25, 0.3) is 17.5 Å². The molecule has 0 aromatic heterocycles. The van der Waals surface area contributed by atoms with E-state index in [-0.39, 0.29) is 23.9 Å². The van der Waals surface area contributed by atoms with E-state index < -0.39 is 16.1 Å². The van der Waals surface area contributed by atoms with Crippen LogP contribution < -0.4 is 10.6 Å². The summed E-state index contributed by atoms with van der Waals surface area (Å²) in [5.74, 6) is -1.02. The summed E-state index contributed by atoms with van der Waals surface area (Å²) in [5.41, 5.74) is 1.75. The van der Waals surface area contributed by atoms with Crippen molar-refractivity contribution in [2.45, 2.75) is 37.9 Å². The van der Waals surface area contributed by atoms with Crippen LogP contribution in [-0.4, -0.2) is 51.1 Å². The van der Waals surface area contributed by atoms with Crippen LogP contribution in [0.1, 0.15) is 41.6 Å². The van der Waals surface area contributed by atoms with Crippen molar-refractivity contribution in [1.82, 2.24) is 4.90 Å². The number of nitrogens with zero attached hydrogens (tertiary/aromatic N) is 3. The molecule has 2 aromatic carbocycles. The van der Waals surface area contributed by atoms with Crippen molar-refractivity contribution in [2.75, 3.05) is 23.7 Å². The number of amidine groups is 1. The molecule has 10 nitrogen and oxygen atoms in total. The average molecular weight is 496 g/mol. The number of nitro benzene ring substituents is 1. The number of anilines is 2. The van der Waals surface area contributed by atoms with Gasteiger partial charge < -0.3 is 15.5 Å². The molecule has 0 aliphatic carbocycles. The molecule has 1 saturated heterocycles. The van der Waals surface area contributed by atoms with E-state index in [1.165, 1.54) is 30.3 Å². The Morgan fingerprint density at radius 3 is 2.51 bits per heavy atom. The van der Waals surface area contributed by atoms with Crippen molar-refractivity contribution in [3.8, 4) is 0 Å². The zero-order valence-electron chi connectivity index (χ0n) is 19.2. The summed E-state index contributed by atoms with van der Waals surface area (Å²) in [6.45, 7) is 3.52. The zero-order valence-corrected chi connectivity index (χ0v) is 20.0.